The lowest BCUT2D eigenvalue weighted by Gasteiger charge is -2.22. The summed E-state index contributed by atoms with van der Waals surface area (Å²) < 4.78 is 5.49. The molecule has 1 heterocycles. The van der Waals surface area contributed by atoms with Crippen LogP contribution in [0, 0.1) is 0 Å². The van der Waals surface area contributed by atoms with Gasteiger partial charge in [0, 0.05) is 19.5 Å². The fourth-order valence-corrected chi connectivity index (χ4v) is 2.96. The fourth-order valence-electron chi connectivity index (χ4n) is 2.96. The van der Waals surface area contributed by atoms with Crippen molar-refractivity contribution in [3.05, 3.63) is 65.2 Å². The van der Waals surface area contributed by atoms with Gasteiger partial charge in [-0.25, -0.2) is 0 Å². The van der Waals surface area contributed by atoms with Gasteiger partial charge in [0.1, 0.15) is 5.75 Å². The predicted molar refractivity (Wildman–Crippen MR) is 93.5 cm³/mol. The molecule has 25 heavy (non-hydrogen) atoms. The molecule has 2 aromatic carbocycles. The van der Waals surface area contributed by atoms with E-state index in [4.69, 9.17) is 9.84 Å². The highest BCUT2D eigenvalue weighted by molar-refractivity contribution is 5.79. The van der Waals surface area contributed by atoms with E-state index in [1.54, 1.807) is 4.90 Å². The molecule has 1 N–H and O–H groups in total. The number of carbonyl (C=O) groups excluding carboxylic acids is 1. The summed E-state index contributed by atoms with van der Waals surface area (Å²) in [5, 5.41) is 8.95. The minimum Gasteiger partial charge on any atom is -0.493 e. The predicted octanol–water partition coefficient (Wildman–Crippen LogP) is 2.67. The van der Waals surface area contributed by atoms with Crippen molar-refractivity contribution in [2.45, 2.75) is 25.8 Å². The number of amides is 1. The number of hydrogen-bond donors (Lipinski definition) is 1. The van der Waals surface area contributed by atoms with Crippen LogP contribution in [-0.2, 0) is 29.0 Å². The molecule has 5 heteroatoms. The van der Waals surface area contributed by atoms with E-state index >= 15 is 0 Å². The summed E-state index contributed by atoms with van der Waals surface area (Å²) in [7, 11) is 0. The first-order valence-electron chi connectivity index (χ1n) is 8.40. The molecule has 3 rings (SSSR count). The summed E-state index contributed by atoms with van der Waals surface area (Å²) in [6.45, 7) is 1.31. The molecule has 1 aliphatic heterocycles. The average Bonchev–Trinajstić information content (AvgIpc) is 3.07. The van der Waals surface area contributed by atoms with Gasteiger partial charge in [-0.3, -0.25) is 9.59 Å². The van der Waals surface area contributed by atoms with E-state index in [1.165, 1.54) is 0 Å². The number of benzene rings is 2. The molecule has 130 valence electrons. The average molecular weight is 339 g/mol. The van der Waals surface area contributed by atoms with Gasteiger partial charge in [-0.1, -0.05) is 42.5 Å². The highest BCUT2D eigenvalue weighted by Crippen LogP contribution is 2.26. The molecule has 5 nitrogen and oxygen atoms in total. The Balaban J connectivity index is 1.70. The Morgan fingerprint density at radius 1 is 1.08 bits per heavy atom. The lowest BCUT2D eigenvalue weighted by atomic mass is 10.1. The molecule has 0 aliphatic carbocycles. The number of rotatable bonds is 7. The van der Waals surface area contributed by atoms with Crippen molar-refractivity contribution in [2.75, 3.05) is 13.2 Å². The Bertz CT molecular complexity index is 758. The van der Waals surface area contributed by atoms with Crippen molar-refractivity contribution in [1.29, 1.82) is 0 Å². The summed E-state index contributed by atoms with van der Waals surface area (Å²) in [4.78, 5) is 25.3. The monoisotopic (exact) mass is 339 g/mol. The highest BCUT2D eigenvalue weighted by Gasteiger charge is 2.18. The maximum absolute atomic E-state index is 12.7. The summed E-state index contributed by atoms with van der Waals surface area (Å²) in [6.07, 6.45) is 1.07. The van der Waals surface area contributed by atoms with Gasteiger partial charge in [0.25, 0.3) is 0 Å². The second kappa shape index (κ2) is 7.83. The zero-order chi connectivity index (χ0) is 17.6. The summed E-state index contributed by atoms with van der Waals surface area (Å²) in [5.41, 5.74) is 3.05. The molecular formula is C20H21NO4. The second-order valence-corrected chi connectivity index (χ2v) is 6.16. The minimum atomic E-state index is -0.902. The summed E-state index contributed by atoms with van der Waals surface area (Å²) in [5.74, 6) is -0.0762. The molecule has 0 aromatic heterocycles. The molecule has 0 radical (unpaired) electrons. The lowest BCUT2D eigenvalue weighted by Crippen LogP contribution is -2.33. The number of nitrogens with zero attached hydrogens (tertiary/aromatic N) is 1. The first kappa shape index (κ1) is 17.0. The fraction of sp³-hybridized carbons (Fsp3) is 0.300. The lowest BCUT2D eigenvalue weighted by molar-refractivity contribution is -0.138. The van der Waals surface area contributed by atoms with Crippen molar-refractivity contribution in [3.8, 4) is 5.75 Å². The van der Waals surface area contributed by atoms with Gasteiger partial charge in [0.2, 0.25) is 5.91 Å². The topological polar surface area (TPSA) is 66.8 Å². The highest BCUT2D eigenvalue weighted by atomic mass is 16.5. The van der Waals surface area contributed by atoms with Crippen LogP contribution in [-0.4, -0.2) is 35.0 Å². The van der Waals surface area contributed by atoms with Gasteiger partial charge >= 0.3 is 5.97 Å². The second-order valence-electron chi connectivity index (χ2n) is 6.16. The minimum absolute atomic E-state index is 0.0589. The number of carboxylic acids is 1. The molecule has 0 atom stereocenters. The molecule has 0 fully saturated rings. The van der Waals surface area contributed by atoms with Gasteiger partial charge in [0.05, 0.1) is 19.4 Å². The first-order valence-corrected chi connectivity index (χ1v) is 8.40. The van der Waals surface area contributed by atoms with Gasteiger partial charge < -0.3 is 14.7 Å². The van der Waals surface area contributed by atoms with Gasteiger partial charge in [-0.15, -0.1) is 0 Å². The Kier molecular flexibility index (Phi) is 5.33. The van der Waals surface area contributed by atoms with Crippen molar-refractivity contribution >= 4 is 11.9 Å². The van der Waals surface area contributed by atoms with Gasteiger partial charge in [-0.05, 0) is 22.8 Å². The quantitative estimate of drug-likeness (QED) is 0.842. The van der Waals surface area contributed by atoms with Crippen molar-refractivity contribution < 1.29 is 19.4 Å². The summed E-state index contributed by atoms with van der Waals surface area (Å²) >= 11 is 0. The molecule has 1 amide bonds. The van der Waals surface area contributed by atoms with E-state index in [0.29, 0.717) is 13.2 Å². The van der Waals surface area contributed by atoms with E-state index in [1.807, 2.05) is 48.5 Å². The molecule has 0 saturated carbocycles. The van der Waals surface area contributed by atoms with Crippen molar-refractivity contribution in [2.24, 2.45) is 0 Å². The van der Waals surface area contributed by atoms with Crippen LogP contribution < -0.4 is 4.74 Å². The van der Waals surface area contributed by atoms with Crippen molar-refractivity contribution in [3.63, 3.8) is 0 Å². The van der Waals surface area contributed by atoms with Crippen LogP contribution in [0.15, 0.2) is 48.5 Å². The largest absolute Gasteiger partial charge is 0.493 e. The number of aliphatic carboxylic acids is 1. The zero-order valence-electron chi connectivity index (χ0n) is 14.0. The van der Waals surface area contributed by atoms with E-state index in [9.17, 15) is 9.59 Å². The zero-order valence-corrected chi connectivity index (χ0v) is 14.0. The van der Waals surface area contributed by atoms with Crippen LogP contribution in [0.4, 0.5) is 0 Å². The molecule has 0 saturated heterocycles. The number of carbonyl (C=O) groups is 2. The summed E-state index contributed by atoms with van der Waals surface area (Å²) in [6, 6.07) is 15.4. The molecule has 0 spiro atoms. The van der Waals surface area contributed by atoms with Crippen molar-refractivity contribution in [1.82, 2.24) is 4.90 Å². The normalized spacial score (nSPS) is 12.3. The Hall–Kier alpha value is -2.82. The van der Waals surface area contributed by atoms with Crippen LogP contribution in [0.2, 0.25) is 0 Å². The third-order valence-corrected chi connectivity index (χ3v) is 4.27. The maximum Gasteiger partial charge on any atom is 0.305 e. The van der Waals surface area contributed by atoms with Crippen LogP contribution in [0.5, 0.6) is 5.75 Å². The molecule has 1 aliphatic rings. The Morgan fingerprint density at radius 2 is 1.88 bits per heavy atom. The van der Waals surface area contributed by atoms with E-state index in [-0.39, 0.29) is 25.3 Å². The number of fused-ring (bicyclic) bond motifs is 1. The third-order valence-electron chi connectivity index (χ3n) is 4.27. The van der Waals surface area contributed by atoms with Crippen LogP contribution in [0.25, 0.3) is 0 Å². The van der Waals surface area contributed by atoms with E-state index in [2.05, 4.69) is 0 Å². The smallest absolute Gasteiger partial charge is 0.305 e. The van der Waals surface area contributed by atoms with E-state index in [0.717, 1.165) is 28.9 Å². The van der Waals surface area contributed by atoms with Crippen LogP contribution >= 0.6 is 0 Å². The maximum atomic E-state index is 12.7. The van der Waals surface area contributed by atoms with Gasteiger partial charge in [0.15, 0.2) is 0 Å². The molecule has 0 unspecified atom stereocenters. The first-order chi connectivity index (χ1) is 12.1. The molecular weight excluding hydrogens is 318 g/mol. The standard InChI is InChI=1S/C20H21NO4/c22-19(13-16-6-7-18-17(12-16)9-11-25-18)21(10-8-20(23)24)14-15-4-2-1-3-5-15/h1-7,12H,8-11,13-14H2,(H,23,24). The molecule has 2 aromatic rings. The van der Waals surface area contributed by atoms with E-state index < -0.39 is 5.97 Å². The van der Waals surface area contributed by atoms with Crippen LogP contribution in [0.1, 0.15) is 23.1 Å². The number of ether oxygens (including phenoxy) is 1. The molecule has 0 bridgehead atoms. The number of hydrogen-bond acceptors (Lipinski definition) is 3. The number of carboxylic acid groups (broad SMARTS) is 1. The Morgan fingerprint density at radius 3 is 2.64 bits per heavy atom. The van der Waals surface area contributed by atoms with Crippen LogP contribution in [0.3, 0.4) is 0 Å². The van der Waals surface area contributed by atoms with Gasteiger partial charge in [-0.2, -0.15) is 0 Å². The SMILES string of the molecule is O=C(O)CCN(Cc1ccccc1)C(=O)Cc1ccc2c(c1)CCO2. The third kappa shape index (κ3) is 4.59. The Labute approximate surface area is 146 Å².